The molecular formula is C9H17IO2. The van der Waals surface area contributed by atoms with Crippen molar-refractivity contribution in [3.8, 4) is 0 Å². The Hall–Kier alpha value is 0.650. The molecule has 0 aromatic heterocycles. The maximum atomic E-state index is 5.86. The van der Waals surface area contributed by atoms with Crippen LogP contribution in [-0.4, -0.2) is 17.8 Å². The highest BCUT2D eigenvalue weighted by atomic mass is 127. The lowest BCUT2D eigenvalue weighted by atomic mass is 10.0. The third-order valence-electron chi connectivity index (χ3n) is 2.43. The second-order valence-corrected chi connectivity index (χ2v) is 4.50. The fourth-order valence-corrected chi connectivity index (χ4v) is 2.35. The summed E-state index contributed by atoms with van der Waals surface area (Å²) in [6.45, 7) is 6.43. The summed E-state index contributed by atoms with van der Waals surface area (Å²) in [5.74, 6) is 0. The third kappa shape index (κ3) is 2.57. The van der Waals surface area contributed by atoms with Gasteiger partial charge in [0, 0.05) is 0 Å². The molecule has 2 unspecified atom stereocenters. The minimum Gasteiger partial charge on any atom is -0.370 e. The van der Waals surface area contributed by atoms with Crippen LogP contribution < -0.4 is 0 Å². The number of ether oxygens (including phenoxy) is 1. The summed E-state index contributed by atoms with van der Waals surface area (Å²) in [4.78, 5) is 0. The van der Waals surface area contributed by atoms with E-state index >= 15 is 0 Å². The van der Waals surface area contributed by atoms with E-state index < -0.39 is 0 Å². The van der Waals surface area contributed by atoms with Gasteiger partial charge in [-0.2, -0.15) is 0 Å². The summed E-state index contributed by atoms with van der Waals surface area (Å²) in [7, 11) is 0. The minimum absolute atomic E-state index is 0.0628. The van der Waals surface area contributed by atoms with E-state index in [0.717, 1.165) is 19.3 Å². The van der Waals surface area contributed by atoms with E-state index in [4.69, 9.17) is 7.80 Å². The molecular weight excluding hydrogens is 267 g/mol. The van der Waals surface area contributed by atoms with Crippen LogP contribution >= 0.6 is 23.0 Å². The number of rotatable bonds is 3. The summed E-state index contributed by atoms with van der Waals surface area (Å²) in [6.07, 6.45) is 3.89. The van der Waals surface area contributed by atoms with Gasteiger partial charge in [-0.15, -0.1) is 0 Å². The van der Waals surface area contributed by atoms with Gasteiger partial charge >= 0.3 is 0 Å². The molecule has 1 rings (SSSR count). The van der Waals surface area contributed by atoms with Gasteiger partial charge in [0.1, 0.15) is 23.0 Å². The standard InChI is InChI=1S/C9H17IO2/c1-4-7(12-10)8-5-6-9(2,3)11-8/h7-8H,4-6H2,1-3H3. The molecule has 0 aromatic rings. The van der Waals surface area contributed by atoms with E-state index in [2.05, 4.69) is 20.8 Å². The van der Waals surface area contributed by atoms with Gasteiger partial charge in [0.05, 0.1) is 17.8 Å². The summed E-state index contributed by atoms with van der Waals surface area (Å²) < 4.78 is 11.2. The Labute approximate surface area is 88.7 Å². The monoisotopic (exact) mass is 284 g/mol. The van der Waals surface area contributed by atoms with Crippen molar-refractivity contribution in [3.63, 3.8) is 0 Å². The van der Waals surface area contributed by atoms with Crippen LogP contribution in [0.4, 0.5) is 0 Å². The first-order valence-corrected chi connectivity index (χ1v) is 5.42. The Morgan fingerprint density at radius 3 is 2.67 bits per heavy atom. The number of halogens is 1. The summed E-state index contributed by atoms with van der Waals surface area (Å²) in [5.41, 5.74) is 0.0628. The molecule has 72 valence electrons. The zero-order chi connectivity index (χ0) is 9.19. The van der Waals surface area contributed by atoms with Crippen molar-refractivity contribution >= 4 is 23.0 Å². The zero-order valence-corrected chi connectivity index (χ0v) is 10.1. The molecule has 1 fully saturated rings. The first kappa shape index (κ1) is 10.7. The van der Waals surface area contributed by atoms with E-state index in [1.165, 1.54) is 0 Å². The molecule has 0 amide bonds. The van der Waals surface area contributed by atoms with Gasteiger partial charge in [0.2, 0.25) is 0 Å². The fourth-order valence-electron chi connectivity index (χ4n) is 1.66. The van der Waals surface area contributed by atoms with Gasteiger partial charge in [0.25, 0.3) is 0 Å². The summed E-state index contributed by atoms with van der Waals surface area (Å²) >= 11 is 1.97. The van der Waals surface area contributed by atoms with Crippen molar-refractivity contribution in [2.75, 3.05) is 0 Å². The lowest BCUT2D eigenvalue weighted by Gasteiger charge is -2.23. The second kappa shape index (κ2) is 4.24. The van der Waals surface area contributed by atoms with Gasteiger partial charge in [-0.05, 0) is 33.1 Å². The van der Waals surface area contributed by atoms with Crippen LogP contribution in [0.3, 0.4) is 0 Å². The van der Waals surface area contributed by atoms with Crippen LogP contribution in [0.25, 0.3) is 0 Å². The third-order valence-corrected chi connectivity index (χ3v) is 3.09. The van der Waals surface area contributed by atoms with Crippen molar-refractivity contribution in [1.29, 1.82) is 0 Å². The fraction of sp³-hybridized carbons (Fsp3) is 1.00. The van der Waals surface area contributed by atoms with Crippen molar-refractivity contribution in [3.05, 3.63) is 0 Å². The van der Waals surface area contributed by atoms with Crippen molar-refractivity contribution in [1.82, 2.24) is 0 Å². The van der Waals surface area contributed by atoms with Gasteiger partial charge < -0.3 is 7.80 Å². The van der Waals surface area contributed by atoms with Crippen LogP contribution in [0.2, 0.25) is 0 Å². The Bertz CT molecular complexity index is 143. The molecule has 12 heavy (non-hydrogen) atoms. The average Bonchev–Trinajstić information content (AvgIpc) is 2.34. The first-order valence-electron chi connectivity index (χ1n) is 4.54. The first-order chi connectivity index (χ1) is 5.59. The van der Waals surface area contributed by atoms with E-state index in [0.29, 0.717) is 6.10 Å². The van der Waals surface area contributed by atoms with E-state index in [1.807, 2.05) is 23.0 Å². The predicted octanol–water partition coefficient (Wildman–Crippen LogP) is 3.09. The molecule has 0 aliphatic carbocycles. The molecule has 0 N–H and O–H groups in total. The van der Waals surface area contributed by atoms with Crippen LogP contribution in [0.5, 0.6) is 0 Å². The van der Waals surface area contributed by atoms with Gasteiger partial charge in [-0.25, -0.2) is 0 Å². The van der Waals surface area contributed by atoms with E-state index in [-0.39, 0.29) is 11.7 Å². The van der Waals surface area contributed by atoms with Gasteiger partial charge in [0.15, 0.2) is 0 Å². The topological polar surface area (TPSA) is 18.5 Å². The maximum Gasteiger partial charge on any atom is 0.110 e. The van der Waals surface area contributed by atoms with Crippen LogP contribution in [-0.2, 0) is 7.80 Å². The van der Waals surface area contributed by atoms with Gasteiger partial charge in [-0.3, -0.25) is 0 Å². The highest BCUT2D eigenvalue weighted by Gasteiger charge is 2.35. The van der Waals surface area contributed by atoms with Crippen LogP contribution in [0, 0.1) is 0 Å². The highest BCUT2D eigenvalue weighted by molar-refractivity contribution is 14.1. The number of hydrogen-bond donors (Lipinski definition) is 0. The highest BCUT2D eigenvalue weighted by Crippen LogP contribution is 2.33. The Morgan fingerprint density at radius 1 is 1.67 bits per heavy atom. The zero-order valence-electron chi connectivity index (χ0n) is 7.97. The normalized spacial score (nSPS) is 30.5. The lowest BCUT2D eigenvalue weighted by molar-refractivity contribution is -0.0543. The summed E-state index contributed by atoms with van der Waals surface area (Å²) in [6, 6.07) is 0. The Balaban J connectivity index is 2.45. The van der Waals surface area contributed by atoms with Crippen molar-refractivity contribution in [2.45, 2.75) is 57.8 Å². The predicted molar refractivity (Wildman–Crippen MR) is 57.4 cm³/mol. The average molecular weight is 284 g/mol. The van der Waals surface area contributed by atoms with Crippen molar-refractivity contribution < 1.29 is 7.80 Å². The van der Waals surface area contributed by atoms with Crippen LogP contribution in [0.15, 0.2) is 0 Å². The van der Waals surface area contributed by atoms with E-state index in [9.17, 15) is 0 Å². The molecule has 1 aliphatic rings. The molecule has 2 nitrogen and oxygen atoms in total. The van der Waals surface area contributed by atoms with E-state index in [1.54, 1.807) is 0 Å². The molecule has 0 spiro atoms. The second-order valence-electron chi connectivity index (χ2n) is 3.99. The summed E-state index contributed by atoms with van der Waals surface area (Å²) in [5, 5.41) is 0. The molecule has 0 aromatic carbocycles. The molecule has 1 aliphatic heterocycles. The molecule has 3 heteroatoms. The minimum atomic E-state index is 0.0628. The Morgan fingerprint density at radius 2 is 2.33 bits per heavy atom. The molecule has 0 radical (unpaired) electrons. The lowest BCUT2D eigenvalue weighted by Crippen LogP contribution is -2.29. The molecule has 0 saturated carbocycles. The maximum absolute atomic E-state index is 5.86. The quantitative estimate of drug-likeness (QED) is 0.741. The molecule has 1 heterocycles. The number of hydrogen-bond acceptors (Lipinski definition) is 2. The smallest absolute Gasteiger partial charge is 0.110 e. The van der Waals surface area contributed by atoms with Crippen molar-refractivity contribution in [2.24, 2.45) is 0 Å². The van der Waals surface area contributed by atoms with Gasteiger partial charge in [-0.1, -0.05) is 6.92 Å². The Kier molecular flexibility index (Phi) is 3.79. The molecule has 2 atom stereocenters. The largest absolute Gasteiger partial charge is 0.370 e. The molecule has 0 bridgehead atoms. The SMILES string of the molecule is CCC(OI)C1CCC(C)(C)O1. The van der Waals surface area contributed by atoms with Crippen LogP contribution in [0.1, 0.15) is 40.0 Å². The molecule has 1 saturated heterocycles.